The van der Waals surface area contributed by atoms with E-state index in [-0.39, 0.29) is 17.4 Å². The van der Waals surface area contributed by atoms with Gasteiger partial charge >= 0.3 is 10.8 Å². The van der Waals surface area contributed by atoms with Gasteiger partial charge < -0.3 is 19.3 Å². The summed E-state index contributed by atoms with van der Waals surface area (Å²) < 4.78 is 16.4. The number of aromatic amines is 1. The molecular weight excluding hydrogens is 394 g/mol. The molecule has 2 N–H and O–H groups in total. The monoisotopic (exact) mass is 415 g/mol. The number of benzene rings is 2. The van der Waals surface area contributed by atoms with E-state index in [1.807, 2.05) is 30.3 Å². The van der Waals surface area contributed by atoms with Crippen LogP contribution >= 0.6 is 11.3 Å². The number of methoxy groups -OCH3 is 1. The second-order valence-corrected chi connectivity index (χ2v) is 7.36. The summed E-state index contributed by atoms with van der Waals surface area (Å²) >= 11 is 0.983. The smallest absolute Gasteiger partial charge is 0.307 e. The first-order valence-electron chi connectivity index (χ1n) is 8.88. The van der Waals surface area contributed by atoms with Crippen molar-refractivity contribution in [3.8, 4) is 17.4 Å². The average molecular weight is 415 g/mol. The third-order valence-corrected chi connectivity index (χ3v) is 5.04. The number of carbonyl (C=O) groups excluding carboxylic acids is 1. The Morgan fingerprint density at radius 3 is 2.55 bits per heavy atom. The molecule has 0 fully saturated rings. The van der Waals surface area contributed by atoms with E-state index in [1.165, 1.54) is 6.92 Å². The second-order valence-electron chi connectivity index (χ2n) is 6.29. The van der Waals surface area contributed by atoms with E-state index in [1.54, 1.807) is 25.3 Å². The molecule has 1 heterocycles. The van der Waals surface area contributed by atoms with Gasteiger partial charge in [-0.2, -0.15) is 0 Å². The van der Waals surface area contributed by atoms with Crippen molar-refractivity contribution in [2.75, 3.05) is 13.7 Å². The van der Waals surface area contributed by atoms with E-state index in [9.17, 15) is 14.7 Å². The minimum Gasteiger partial charge on any atom is -0.497 e. The Morgan fingerprint density at radius 2 is 1.93 bits per heavy atom. The summed E-state index contributed by atoms with van der Waals surface area (Å²) in [5.74, 6) is 0.782. The summed E-state index contributed by atoms with van der Waals surface area (Å²) in [6.45, 7) is 1.50. The van der Waals surface area contributed by atoms with Gasteiger partial charge in [-0.25, -0.2) is 0 Å². The van der Waals surface area contributed by atoms with Crippen LogP contribution in [0.25, 0.3) is 0 Å². The van der Waals surface area contributed by atoms with Crippen LogP contribution in [0, 0.1) is 0 Å². The number of H-pyrrole nitrogens is 1. The minimum atomic E-state index is -0.573. The molecule has 0 radical (unpaired) electrons. The van der Waals surface area contributed by atoms with Gasteiger partial charge in [-0.3, -0.25) is 14.6 Å². The fourth-order valence-electron chi connectivity index (χ4n) is 2.77. The summed E-state index contributed by atoms with van der Waals surface area (Å²) in [6, 6.07) is 14.6. The van der Waals surface area contributed by atoms with Gasteiger partial charge in [-0.05, 0) is 35.4 Å². The van der Waals surface area contributed by atoms with E-state index in [0.29, 0.717) is 22.8 Å². The maximum atomic E-state index is 11.5. The van der Waals surface area contributed by atoms with Crippen molar-refractivity contribution in [3.05, 3.63) is 74.2 Å². The average Bonchev–Trinajstić information content (AvgIpc) is 3.02. The molecule has 7 nitrogen and oxygen atoms in total. The molecule has 152 valence electrons. The van der Waals surface area contributed by atoms with Crippen LogP contribution in [0.15, 0.2) is 53.3 Å². The normalized spacial score (nSPS) is 11.7. The lowest BCUT2D eigenvalue weighted by Gasteiger charge is -2.19. The van der Waals surface area contributed by atoms with Gasteiger partial charge in [-0.1, -0.05) is 35.6 Å². The van der Waals surface area contributed by atoms with E-state index in [0.717, 1.165) is 22.5 Å². The summed E-state index contributed by atoms with van der Waals surface area (Å²) in [5, 5.41) is 9.69. The summed E-state index contributed by atoms with van der Waals surface area (Å²) in [6.07, 6.45) is -0.133. The molecule has 3 rings (SSSR count). The molecule has 0 saturated heterocycles. The number of thiazole rings is 1. The number of hydrogen-bond acceptors (Lipinski definition) is 7. The summed E-state index contributed by atoms with van der Waals surface area (Å²) in [5.41, 5.74) is 1.70. The number of aromatic hydroxyl groups is 1. The maximum absolute atomic E-state index is 11.5. The van der Waals surface area contributed by atoms with Crippen LogP contribution in [0.1, 0.15) is 29.0 Å². The molecule has 0 bridgehead atoms. The van der Waals surface area contributed by atoms with E-state index >= 15 is 0 Å². The zero-order chi connectivity index (χ0) is 20.8. The van der Waals surface area contributed by atoms with E-state index < -0.39 is 12.1 Å². The van der Waals surface area contributed by atoms with Crippen molar-refractivity contribution < 1.29 is 24.1 Å². The van der Waals surface area contributed by atoms with Crippen LogP contribution in [0.2, 0.25) is 0 Å². The van der Waals surface area contributed by atoms with Crippen molar-refractivity contribution in [1.82, 2.24) is 4.98 Å². The Kier molecular flexibility index (Phi) is 6.56. The Labute approximate surface area is 171 Å². The lowest BCUT2D eigenvalue weighted by molar-refractivity contribution is -0.148. The molecule has 0 saturated carbocycles. The first kappa shape index (κ1) is 20.5. The molecule has 8 heteroatoms. The van der Waals surface area contributed by atoms with Gasteiger partial charge in [0.2, 0.25) is 5.88 Å². The van der Waals surface area contributed by atoms with Crippen LogP contribution < -0.4 is 14.3 Å². The summed E-state index contributed by atoms with van der Waals surface area (Å²) in [7, 11) is 1.57. The molecular formula is C21H21NO6S. The maximum Gasteiger partial charge on any atom is 0.307 e. The number of nitrogens with one attached hydrogen (secondary N) is 1. The van der Waals surface area contributed by atoms with Crippen molar-refractivity contribution in [2.24, 2.45) is 0 Å². The number of ether oxygens (including phenoxy) is 3. The van der Waals surface area contributed by atoms with Gasteiger partial charge in [0.15, 0.2) is 6.10 Å². The molecule has 0 aliphatic rings. The highest BCUT2D eigenvalue weighted by atomic mass is 32.1. The van der Waals surface area contributed by atoms with Crippen molar-refractivity contribution >= 4 is 17.3 Å². The number of aromatic nitrogens is 1. The van der Waals surface area contributed by atoms with Gasteiger partial charge in [0.05, 0.1) is 12.0 Å². The second kappa shape index (κ2) is 9.29. The standard InChI is InChI=1S/C21H21NO6S/c1-13(23)28-18(15-4-3-5-17(11-15)26-2)12-27-16-8-6-14(7-9-16)10-19-20(24)22-21(25)29-19/h3-9,11,18,24H,10,12H2,1-2H3,(H,22,25)/t18-/m1/s1. The Bertz CT molecular complexity index is 1020. The number of rotatable bonds is 8. The third-order valence-electron chi connectivity index (χ3n) is 4.16. The highest BCUT2D eigenvalue weighted by Crippen LogP contribution is 2.25. The van der Waals surface area contributed by atoms with E-state index in [4.69, 9.17) is 14.2 Å². The molecule has 1 aromatic heterocycles. The van der Waals surface area contributed by atoms with Crippen molar-refractivity contribution in [3.63, 3.8) is 0 Å². The molecule has 0 unspecified atom stereocenters. The van der Waals surface area contributed by atoms with Crippen molar-refractivity contribution in [1.29, 1.82) is 0 Å². The number of esters is 1. The van der Waals surface area contributed by atoms with Crippen LogP contribution in [0.5, 0.6) is 17.4 Å². The quantitative estimate of drug-likeness (QED) is 0.547. The van der Waals surface area contributed by atoms with Crippen LogP contribution in [-0.2, 0) is 16.0 Å². The Hall–Kier alpha value is -3.26. The highest BCUT2D eigenvalue weighted by Gasteiger charge is 2.17. The first-order chi connectivity index (χ1) is 13.9. The minimum absolute atomic E-state index is 0.0946. The van der Waals surface area contributed by atoms with Crippen molar-refractivity contribution in [2.45, 2.75) is 19.4 Å². The molecule has 0 aliphatic heterocycles. The Morgan fingerprint density at radius 1 is 1.17 bits per heavy atom. The molecule has 29 heavy (non-hydrogen) atoms. The van der Waals surface area contributed by atoms with Gasteiger partial charge in [0.25, 0.3) is 0 Å². The third kappa shape index (κ3) is 5.61. The molecule has 2 aromatic carbocycles. The highest BCUT2D eigenvalue weighted by molar-refractivity contribution is 7.09. The Balaban J connectivity index is 1.66. The predicted octanol–water partition coefficient (Wildman–Crippen LogP) is 3.42. The fraction of sp³-hybridized carbons (Fsp3) is 0.238. The lowest BCUT2D eigenvalue weighted by Crippen LogP contribution is -2.16. The molecule has 1 atom stereocenters. The zero-order valence-corrected chi connectivity index (χ0v) is 16.8. The molecule has 3 aromatic rings. The van der Waals surface area contributed by atoms with Gasteiger partial charge in [-0.15, -0.1) is 0 Å². The lowest BCUT2D eigenvalue weighted by atomic mass is 10.1. The topological polar surface area (TPSA) is 97.8 Å². The molecule has 0 amide bonds. The largest absolute Gasteiger partial charge is 0.497 e. The van der Waals surface area contributed by atoms with Crippen LogP contribution in [0.3, 0.4) is 0 Å². The van der Waals surface area contributed by atoms with Crippen LogP contribution in [0.4, 0.5) is 0 Å². The van der Waals surface area contributed by atoms with Crippen LogP contribution in [-0.4, -0.2) is 29.8 Å². The zero-order valence-electron chi connectivity index (χ0n) is 16.0. The van der Waals surface area contributed by atoms with Gasteiger partial charge in [0, 0.05) is 13.3 Å². The number of carbonyl (C=O) groups is 1. The molecule has 0 spiro atoms. The SMILES string of the molecule is COc1cccc([C@@H](COc2ccc(Cc3sc(=O)[nH]c3O)cc2)OC(C)=O)c1. The molecule has 0 aliphatic carbocycles. The predicted molar refractivity (Wildman–Crippen MR) is 109 cm³/mol. The van der Waals surface area contributed by atoms with Gasteiger partial charge in [0.1, 0.15) is 18.1 Å². The summed E-state index contributed by atoms with van der Waals surface area (Å²) in [4.78, 5) is 25.4. The first-order valence-corrected chi connectivity index (χ1v) is 9.70. The number of hydrogen-bond donors (Lipinski definition) is 2. The van der Waals surface area contributed by atoms with E-state index in [2.05, 4.69) is 4.98 Å². The fourth-order valence-corrected chi connectivity index (χ4v) is 3.53.